The van der Waals surface area contributed by atoms with Crippen LogP contribution >= 0.6 is 0 Å². The van der Waals surface area contributed by atoms with E-state index in [1.54, 1.807) is 0 Å². The summed E-state index contributed by atoms with van der Waals surface area (Å²) in [4.78, 5) is 0. The van der Waals surface area contributed by atoms with E-state index < -0.39 is 0 Å². The highest BCUT2D eigenvalue weighted by Crippen LogP contribution is 2.18. The Labute approximate surface area is 71.4 Å². The summed E-state index contributed by atoms with van der Waals surface area (Å²) in [6.07, 6.45) is 0. The molecule has 0 N–H and O–H groups in total. The molecule has 0 aliphatic rings. The van der Waals surface area contributed by atoms with Gasteiger partial charge in [-0.05, 0) is 18.8 Å². The first kappa shape index (κ1) is 13.1. The lowest BCUT2D eigenvalue weighted by atomic mass is 9.87. The average molecular weight is 155 g/mol. The summed E-state index contributed by atoms with van der Waals surface area (Å²) in [5.74, 6) is 1.35. The van der Waals surface area contributed by atoms with Crippen molar-refractivity contribution >= 4 is 0 Å². The molecule has 0 aliphatic heterocycles. The van der Waals surface area contributed by atoms with Crippen molar-refractivity contribution in [2.45, 2.75) is 41.5 Å². The Morgan fingerprint density at radius 1 is 1.00 bits per heavy atom. The van der Waals surface area contributed by atoms with Gasteiger partial charge in [-0.25, -0.2) is 0 Å². The van der Waals surface area contributed by atoms with Crippen LogP contribution in [0.25, 0.3) is 0 Å². The molecule has 66 valence electrons. The predicted octanol–water partition coefficient (Wildman–Crippen LogP) is 3.46. The van der Waals surface area contributed by atoms with Gasteiger partial charge in [-0.3, -0.25) is 0 Å². The predicted molar refractivity (Wildman–Crippen MR) is 50.1 cm³/mol. The Kier molecular flexibility index (Phi) is 9.05. The van der Waals surface area contributed by atoms with E-state index in [0.717, 1.165) is 0 Å². The fourth-order valence-electron chi connectivity index (χ4n) is 0.695. The second-order valence-corrected chi connectivity index (χ2v) is 3.02. The van der Waals surface area contributed by atoms with Crippen molar-refractivity contribution in [3.05, 3.63) is 0 Å². The molecule has 0 spiro atoms. The van der Waals surface area contributed by atoms with Crippen LogP contribution in [0, 0.1) is 29.1 Å². The van der Waals surface area contributed by atoms with Crippen LogP contribution in [0.1, 0.15) is 41.5 Å². The molecule has 0 saturated heterocycles. The van der Waals surface area contributed by atoms with Gasteiger partial charge in [-0.15, -0.1) is 0 Å². The van der Waals surface area contributed by atoms with E-state index in [0.29, 0.717) is 11.8 Å². The largest absolute Gasteiger partial charge is 0.198 e. The van der Waals surface area contributed by atoms with Gasteiger partial charge in [0, 0.05) is 5.92 Å². The monoisotopic (exact) mass is 155 g/mol. The topological polar surface area (TPSA) is 23.8 Å². The van der Waals surface area contributed by atoms with Crippen LogP contribution in [0.5, 0.6) is 0 Å². The third-order valence-electron chi connectivity index (χ3n) is 2.04. The molecular weight excluding hydrogens is 134 g/mol. The van der Waals surface area contributed by atoms with E-state index in [9.17, 15) is 0 Å². The van der Waals surface area contributed by atoms with Gasteiger partial charge < -0.3 is 0 Å². The van der Waals surface area contributed by atoms with Crippen molar-refractivity contribution in [1.82, 2.24) is 0 Å². The molecule has 0 rings (SSSR count). The molecule has 0 amide bonds. The first-order valence-corrected chi connectivity index (χ1v) is 4.49. The van der Waals surface area contributed by atoms with E-state index in [4.69, 9.17) is 5.26 Å². The Morgan fingerprint density at radius 2 is 1.36 bits per heavy atom. The maximum atomic E-state index is 8.50. The van der Waals surface area contributed by atoms with Gasteiger partial charge in [0.1, 0.15) is 0 Å². The van der Waals surface area contributed by atoms with Crippen molar-refractivity contribution < 1.29 is 0 Å². The molecule has 0 aliphatic carbocycles. The third kappa shape index (κ3) is 5.91. The van der Waals surface area contributed by atoms with E-state index in [1.807, 2.05) is 20.8 Å². The summed E-state index contributed by atoms with van der Waals surface area (Å²) < 4.78 is 0. The third-order valence-corrected chi connectivity index (χ3v) is 2.04. The average Bonchev–Trinajstić information content (AvgIpc) is 2.05. The minimum Gasteiger partial charge on any atom is -0.198 e. The molecule has 1 heteroatoms. The summed E-state index contributed by atoms with van der Waals surface area (Å²) in [7, 11) is 0. The fraction of sp³-hybridized carbons (Fsp3) is 0.900. The number of hydrogen-bond donors (Lipinski definition) is 0. The molecule has 0 bridgehead atoms. The first-order chi connectivity index (χ1) is 5.09. The summed E-state index contributed by atoms with van der Waals surface area (Å²) in [5, 5.41) is 8.50. The summed E-state index contributed by atoms with van der Waals surface area (Å²) in [5.41, 5.74) is 0. The van der Waals surface area contributed by atoms with E-state index in [1.165, 1.54) is 0 Å². The zero-order valence-corrected chi connectivity index (χ0v) is 8.68. The van der Waals surface area contributed by atoms with Crippen LogP contribution in [-0.2, 0) is 0 Å². The normalized spacial score (nSPS) is 14.4. The second kappa shape index (κ2) is 7.60. The van der Waals surface area contributed by atoms with Gasteiger partial charge in [-0.2, -0.15) is 5.26 Å². The Balaban J connectivity index is 0. The molecule has 0 aromatic carbocycles. The second-order valence-electron chi connectivity index (χ2n) is 3.02. The molecule has 0 radical (unpaired) electrons. The van der Waals surface area contributed by atoms with Gasteiger partial charge >= 0.3 is 0 Å². The summed E-state index contributed by atoms with van der Waals surface area (Å²) in [6.45, 7) is 12.4. The number of hydrogen-bond acceptors (Lipinski definition) is 1. The molecule has 0 saturated carbocycles. The molecular formula is C10H21N. The smallest absolute Gasteiger partial charge is 0.0655 e. The Morgan fingerprint density at radius 3 is 1.45 bits per heavy atom. The van der Waals surface area contributed by atoms with Gasteiger partial charge in [-0.1, -0.05) is 34.6 Å². The highest BCUT2D eigenvalue weighted by Gasteiger charge is 2.13. The van der Waals surface area contributed by atoms with E-state index in [2.05, 4.69) is 26.8 Å². The molecule has 2 atom stereocenters. The zero-order valence-electron chi connectivity index (χ0n) is 8.68. The maximum absolute atomic E-state index is 8.50. The molecule has 0 heterocycles. The van der Waals surface area contributed by atoms with Crippen LogP contribution in [-0.4, -0.2) is 0 Å². The minimum absolute atomic E-state index is 0.199. The molecule has 0 fully saturated rings. The van der Waals surface area contributed by atoms with Gasteiger partial charge in [0.15, 0.2) is 0 Å². The standard InChI is InChI=1S/C8H15N.C2H6/c1-6(2)8(4)7(3)5-9;1-2/h6-8H,1-4H3;1-2H3. The number of rotatable bonds is 2. The molecule has 1 nitrogen and oxygen atoms in total. The van der Waals surface area contributed by atoms with Crippen LogP contribution in [0.15, 0.2) is 0 Å². The van der Waals surface area contributed by atoms with Crippen LogP contribution in [0.4, 0.5) is 0 Å². The fourth-order valence-corrected chi connectivity index (χ4v) is 0.695. The van der Waals surface area contributed by atoms with Gasteiger partial charge in [0.25, 0.3) is 0 Å². The Hall–Kier alpha value is -0.510. The maximum Gasteiger partial charge on any atom is 0.0655 e. The number of nitrogens with zero attached hydrogens (tertiary/aromatic N) is 1. The molecule has 11 heavy (non-hydrogen) atoms. The van der Waals surface area contributed by atoms with E-state index >= 15 is 0 Å². The van der Waals surface area contributed by atoms with Crippen molar-refractivity contribution in [2.75, 3.05) is 0 Å². The first-order valence-electron chi connectivity index (χ1n) is 4.49. The van der Waals surface area contributed by atoms with Crippen molar-refractivity contribution in [3.63, 3.8) is 0 Å². The van der Waals surface area contributed by atoms with Crippen LogP contribution < -0.4 is 0 Å². The molecule has 0 aromatic heterocycles. The van der Waals surface area contributed by atoms with Crippen LogP contribution in [0.3, 0.4) is 0 Å². The van der Waals surface area contributed by atoms with Crippen molar-refractivity contribution in [3.8, 4) is 6.07 Å². The van der Waals surface area contributed by atoms with Crippen molar-refractivity contribution in [2.24, 2.45) is 17.8 Å². The minimum atomic E-state index is 0.199. The summed E-state index contributed by atoms with van der Waals surface area (Å²) >= 11 is 0. The Bertz CT molecular complexity index is 111. The zero-order chi connectivity index (χ0) is 9.44. The number of nitriles is 1. The highest BCUT2D eigenvalue weighted by atomic mass is 14.3. The SMILES string of the molecule is CC.CC(C)C(C)C(C)C#N. The van der Waals surface area contributed by atoms with E-state index in [-0.39, 0.29) is 5.92 Å². The van der Waals surface area contributed by atoms with Crippen molar-refractivity contribution in [1.29, 1.82) is 5.26 Å². The lowest BCUT2D eigenvalue weighted by molar-refractivity contribution is 0.348. The lowest BCUT2D eigenvalue weighted by Gasteiger charge is -2.16. The lowest BCUT2D eigenvalue weighted by Crippen LogP contribution is -2.11. The van der Waals surface area contributed by atoms with Crippen LogP contribution in [0.2, 0.25) is 0 Å². The highest BCUT2D eigenvalue weighted by molar-refractivity contribution is 4.83. The van der Waals surface area contributed by atoms with Gasteiger partial charge in [0.2, 0.25) is 0 Å². The quantitative estimate of drug-likeness (QED) is 0.599. The van der Waals surface area contributed by atoms with Gasteiger partial charge in [0.05, 0.1) is 6.07 Å². The molecule has 0 aromatic rings. The summed E-state index contributed by atoms with van der Waals surface area (Å²) in [6, 6.07) is 2.25. The molecule has 2 unspecified atom stereocenters.